The lowest BCUT2D eigenvalue weighted by Gasteiger charge is -2.43. The van der Waals surface area contributed by atoms with Gasteiger partial charge in [0.25, 0.3) is 0 Å². The van der Waals surface area contributed by atoms with Gasteiger partial charge in [-0.1, -0.05) is 39.8 Å². The molecule has 10 atom stereocenters. The maximum Gasteiger partial charge on any atom is 0.332 e. The molecule has 0 saturated carbocycles. The second-order valence-corrected chi connectivity index (χ2v) is 18.8. The van der Waals surface area contributed by atoms with E-state index in [1.807, 2.05) is 27.7 Å². The number of aliphatic carboxylic acids is 1. The van der Waals surface area contributed by atoms with Gasteiger partial charge < -0.3 is 77.0 Å². The van der Waals surface area contributed by atoms with E-state index in [4.69, 9.17) is 30.2 Å². The monoisotopic (exact) mass is 1000 g/mol. The van der Waals surface area contributed by atoms with Crippen molar-refractivity contribution >= 4 is 46.9 Å². The van der Waals surface area contributed by atoms with Gasteiger partial charge in [-0.05, 0) is 51.5 Å². The minimum atomic E-state index is -2.41. The van der Waals surface area contributed by atoms with Crippen molar-refractivity contribution in [3.8, 4) is 17.2 Å². The van der Waals surface area contributed by atoms with E-state index in [1.165, 1.54) is 46.1 Å². The number of fused-ring (bicyclic) bond motifs is 3. The molecule has 4 unspecified atom stereocenters. The Balaban J connectivity index is 0.00000171. The smallest absolute Gasteiger partial charge is 0.332 e. The van der Waals surface area contributed by atoms with Crippen LogP contribution in [0, 0.1) is 11.8 Å². The van der Waals surface area contributed by atoms with E-state index in [1.54, 1.807) is 0 Å². The zero-order chi connectivity index (χ0) is 53.4. The number of phenols is 2. The summed E-state index contributed by atoms with van der Waals surface area (Å²) in [5, 5.41) is 82.8. The molecule has 2 aliphatic carbocycles. The Morgan fingerprint density at radius 2 is 1.46 bits per heavy atom. The van der Waals surface area contributed by atoms with E-state index in [9.17, 15) is 63.9 Å². The van der Waals surface area contributed by atoms with Crippen LogP contribution in [-0.4, -0.2) is 157 Å². The number of carbonyl (C=O) groups excluding carboxylic acids is 7. The highest BCUT2D eigenvalue weighted by atomic mass is 16.7. The van der Waals surface area contributed by atoms with Crippen molar-refractivity contribution in [3.63, 3.8) is 0 Å². The fourth-order valence-electron chi connectivity index (χ4n) is 8.62. The molecule has 1 fully saturated rings. The lowest BCUT2D eigenvalue weighted by Crippen LogP contribution is -2.60. The molecule has 13 N–H and O–H groups in total. The highest BCUT2D eigenvalue weighted by molar-refractivity contribution is 6.31. The Morgan fingerprint density at radius 1 is 0.873 bits per heavy atom. The first kappa shape index (κ1) is 57.5. The van der Waals surface area contributed by atoms with Crippen LogP contribution in [0.3, 0.4) is 0 Å². The lowest BCUT2D eigenvalue weighted by atomic mass is 9.72. The van der Waals surface area contributed by atoms with Crippen LogP contribution in [0.5, 0.6) is 17.2 Å². The van der Waals surface area contributed by atoms with Crippen LogP contribution in [0.25, 0.3) is 0 Å². The average Bonchev–Trinajstić information content (AvgIpc) is 3.29. The fourth-order valence-corrected chi connectivity index (χ4v) is 8.62. The predicted molar refractivity (Wildman–Crippen MR) is 249 cm³/mol. The van der Waals surface area contributed by atoms with E-state index < -0.39 is 149 Å². The first-order valence-electron chi connectivity index (χ1n) is 23.2. The van der Waals surface area contributed by atoms with Crippen LogP contribution in [0.4, 0.5) is 0 Å². The SMILES string of the molecule is CC(O)C(=O)O.COc1cccc2c1C(=O)c1c(O)c3c(c(O)c1C2=O)C[C@@](O)(C(=O)CO)C[C@@H]3O[C@H]1C[C@H](NC(=O)C(CC(C)C)NC(=O)C(C)NC(=O)C(CC(C)C)NC(=O)CCN)[C@H](O)[C@H](C)O1. The van der Waals surface area contributed by atoms with Gasteiger partial charge in [0, 0.05) is 48.9 Å². The number of aliphatic hydroxyl groups is 4. The number of hydrogen-bond acceptors (Lipinski definition) is 18. The third-order valence-electron chi connectivity index (χ3n) is 12.3. The van der Waals surface area contributed by atoms with Crippen molar-refractivity contribution < 1.29 is 88.3 Å². The Morgan fingerprint density at radius 3 is 2.01 bits per heavy atom. The number of aromatic hydroxyl groups is 2. The van der Waals surface area contributed by atoms with Crippen LogP contribution in [-0.2, 0) is 44.7 Å². The summed E-state index contributed by atoms with van der Waals surface area (Å²) in [6.07, 6.45) is -7.69. The molecule has 5 rings (SSSR count). The van der Waals surface area contributed by atoms with Crippen LogP contribution in [0.2, 0.25) is 0 Å². The number of nitrogens with two attached hydrogens (primary N) is 1. The number of rotatable bonds is 19. The van der Waals surface area contributed by atoms with Crippen molar-refractivity contribution in [3.05, 3.63) is 51.6 Å². The number of Topliss-reactive ketones (excluding diaryl/α,β-unsaturated/α-hetero) is 1. The fraction of sp³-hybridized carbons (Fsp3) is 0.583. The Kier molecular flexibility index (Phi) is 19.7. The van der Waals surface area contributed by atoms with E-state index in [-0.39, 0.29) is 72.1 Å². The number of methoxy groups -OCH3 is 1. The molecule has 4 amide bonds. The normalized spacial score (nSPS) is 23.1. The van der Waals surface area contributed by atoms with Gasteiger partial charge in [-0.3, -0.25) is 33.6 Å². The van der Waals surface area contributed by atoms with Gasteiger partial charge in [0.05, 0.1) is 42.0 Å². The van der Waals surface area contributed by atoms with E-state index >= 15 is 0 Å². The highest BCUT2D eigenvalue weighted by Crippen LogP contribution is 2.52. The number of ether oxygens (including phenoxy) is 3. The molecule has 0 aromatic heterocycles. The molecule has 3 aliphatic rings. The van der Waals surface area contributed by atoms with Crippen molar-refractivity contribution in [1.29, 1.82) is 0 Å². The highest BCUT2D eigenvalue weighted by Gasteiger charge is 2.50. The Bertz CT molecular complexity index is 2350. The number of nitrogens with one attached hydrogen (secondary N) is 4. The Hall–Kier alpha value is -6.08. The topological polar surface area (TPSA) is 380 Å². The summed E-state index contributed by atoms with van der Waals surface area (Å²) < 4.78 is 17.6. The van der Waals surface area contributed by atoms with Crippen molar-refractivity contribution in [1.82, 2.24) is 21.3 Å². The maximum absolute atomic E-state index is 14.0. The van der Waals surface area contributed by atoms with Gasteiger partial charge in [-0.25, -0.2) is 4.79 Å². The van der Waals surface area contributed by atoms with Crippen LogP contribution >= 0.6 is 0 Å². The van der Waals surface area contributed by atoms with Gasteiger partial charge in [-0.15, -0.1) is 0 Å². The van der Waals surface area contributed by atoms with Crippen LogP contribution in [0.15, 0.2) is 18.2 Å². The van der Waals surface area contributed by atoms with E-state index in [2.05, 4.69) is 21.3 Å². The van der Waals surface area contributed by atoms with Crippen molar-refractivity contribution in [2.24, 2.45) is 17.6 Å². The molecular weight excluding hydrogens is 935 g/mol. The predicted octanol–water partition coefficient (Wildman–Crippen LogP) is -0.474. The third kappa shape index (κ3) is 13.5. The zero-order valence-corrected chi connectivity index (χ0v) is 40.9. The number of carbonyl (C=O) groups is 8. The van der Waals surface area contributed by atoms with Gasteiger partial charge in [0.15, 0.2) is 17.9 Å². The maximum atomic E-state index is 14.0. The molecule has 71 heavy (non-hydrogen) atoms. The zero-order valence-electron chi connectivity index (χ0n) is 40.9. The minimum Gasteiger partial charge on any atom is -0.507 e. The first-order chi connectivity index (χ1) is 33.2. The Labute approximate surface area is 409 Å². The van der Waals surface area contributed by atoms with Gasteiger partial charge in [-0.2, -0.15) is 0 Å². The molecule has 392 valence electrons. The molecule has 23 heteroatoms. The molecule has 23 nitrogen and oxygen atoms in total. The van der Waals surface area contributed by atoms with Crippen LogP contribution in [0.1, 0.15) is 130 Å². The van der Waals surface area contributed by atoms with Gasteiger partial charge in [0.1, 0.15) is 59.8 Å². The van der Waals surface area contributed by atoms with Crippen molar-refractivity contribution in [2.45, 2.75) is 147 Å². The number of amides is 4. The molecule has 0 spiro atoms. The number of carboxylic acids is 1. The molecule has 1 heterocycles. The summed E-state index contributed by atoms with van der Waals surface area (Å²) in [5.41, 5.74) is 1.12. The number of phenolic OH excluding ortho intramolecular Hbond substituents is 2. The molecule has 1 saturated heterocycles. The number of carboxylic acid groups (broad SMARTS) is 1. The minimum absolute atomic E-state index is 0.00808. The standard InChI is InChI=1S/C45H61N5O15.C3H6O3/c1-19(2)13-26(48-31(53)11-12-46)43(60)47-21(5)42(59)50-27(14-20(3)4)44(61)49-25-15-32(64-22(6)37(25)54)65-29-17-45(62,30(52)18-51)16-24-34(29)41(58)36-35(39(24)56)38(55)23-9-8-10-28(63-7)33(23)40(36)57;1-2(4)3(5)6/h8-10,19-22,25-27,29,32,37,51,54,56,58,62H,11-18,46H2,1-7H3,(H,47,60)(H,48,53)(H,49,61)(H,50,59);2,4H,1H3,(H,5,6)/t21?,22-,25-,26?,27?,29-,32-,37+,45-;/m0./s1. The lowest BCUT2D eigenvalue weighted by molar-refractivity contribution is -0.249. The first-order valence-corrected chi connectivity index (χ1v) is 23.2. The second kappa shape index (κ2) is 24.4. The summed E-state index contributed by atoms with van der Waals surface area (Å²) in [6, 6.07) is -0.0960. The summed E-state index contributed by atoms with van der Waals surface area (Å²) in [4.78, 5) is 103. The number of hydrogen-bond donors (Lipinski definition) is 12. The summed E-state index contributed by atoms with van der Waals surface area (Å²) in [5.74, 6) is -8.03. The summed E-state index contributed by atoms with van der Waals surface area (Å²) in [6.45, 7) is 10.4. The largest absolute Gasteiger partial charge is 0.507 e. The van der Waals surface area contributed by atoms with E-state index in [0.29, 0.717) is 0 Å². The van der Waals surface area contributed by atoms with E-state index in [0.717, 1.165) is 0 Å². The molecule has 2 aromatic carbocycles. The number of benzene rings is 2. The van der Waals surface area contributed by atoms with Gasteiger partial charge in [0.2, 0.25) is 29.4 Å². The summed E-state index contributed by atoms with van der Waals surface area (Å²) >= 11 is 0. The van der Waals surface area contributed by atoms with Crippen molar-refractivity contribution in [2.75, 3.05) is 20.3 Å². The molecule has 0 bridgehead atoms. The van der Waals surface area contributed by atoms with Gasteiger partial charge >= 0.3 is 5.97 Å². The molecular formula is C48H67N5O18. The van der Waals surface area contributed by atoms with Crippen LogP contribution < -0.4 is 31.7 Å². The second-order valence-electron chi connectivity index (χ2n) is 18.8. The summed E-state index contributed by atoms with van der Waals surface area (Å²) in [7, 11) is 1.29. The molecule has 1 aliphatic heterocycles. The quantitative estimate of drug-likeness (QED) is 0.0675. The number of aliphatic hydroxyl groups excluding tert-OH is 3. The molecule has 0 radical (unpaired) electrons. The molecule has 2 aromatic rings. The average molecular weight is 1000 g/mol. The third-order valence-corrected chi connectivity index (χ3v) is 12.3. The number of ketones is 3.